The van der Waals surface area contributed by atoms with Crippen LogP contribution in [0, 0.1) is 13.8 Å². The van der Waals surface area contributed by atoms with Crippen molar-refractivity contribution in [3.8, 4) is 0 Å². The number of carbonyl (C=O) groups excluding carboxylic acids is 2. The second-order valence-corrected chi connectivity index (χ2v) is 8.20. The van der Waals surface area contributed by atoms with E-state index in [1.54, 1.807) is 31.1 Å². The zero-order chi connectivity index (χ0) is 19.3. The monoisotopic (exact) mass is 434 g/mol. The molecule has 6 heteroatoms. The minimum atomic E-state index is -0.0304. The lowest BCUT2D eigenvalue weighted by atomic mass is 10.1. The molecule has 2 amide bonds. The Hall–Kier alpha value is -1.79. The molecule has 0 heterocycles. The molecule has 2 aromatic carbocycles. The third-order valence-corrected chi connectivity index (χ3v) is 5.92. The first-order valence-electron chi connectivity index (χ1n) is 8.24. The summed E-state index contributed by atoms with van der Waals surface area (Å²) in [5, 5.41) is 2.92. The zero-order valence-electron chi connectivity index (χ0n) is 15.4. The first-order valence-corrected chi connectivity index (χ1v) is 10.0. The minimum Gasteiger partial charge on any atom is -0.351 e. The summed E-state index contributed by atoms with van der Waals surface area (Å²) in [6, 6.07) is 11.5. The Morgan fingerprint density at radius 1 is 1.08 bits per heavy atom. The Morgan fingerprint density at radius 2 is 1.73 bits per heavy atom. The molecule has 4 nitrogen and oxygen atoms in total. The molecule has 2 aromatic rings. The molecule has 2 rings (SSSR count). The number of rotatable bonds is 6. The number of halogens is 1. The maximum Gasteiger partial charge on any atom is 0.253 e. The lowest BCUT2D eigenvalue weighted by Crippen LogP contribution is -2.25. The highest BCUT2D eigenvalue weighted by Gasteiger charge is 2.09. The van der Waals surface area contributed by atoms with Crippen LogP contribution in [0.25, 0.3) is 0 Å². The number of thioether (sulfide) groups is 1. The Morgan fingerprint density at radius 3 is 2.35 bits per heavy atom. The van der Waals surface area contributed by atoms with Gasteiger partial charge in [-0.25, -0.2) is 0 Å². The van der Waals surface area contributed by atoms with Crippen LogP contribution in [0.5, 0.6) is 0 Å². The summed E-state index contributed by atoms with van der Waals surface area (Å²) in [7, 11) is 3.45. The Labute approximate surface area is 167 Å². The van der Waals surface area contributed by atoms with Crippen molar-refractivity contribution in [2.24, 2.45) is 0 Å². The van der Waals surface area contributed by atoms with E-state index >= 15 is 0 Å². The minimum absolute atomic E-state index is 0.0107. The molecule has 0 saturated carbocycles. The van der Waals surface area contributed by atoms with Crippen molar-refractivity contribution in [1.82, 2.24) is 10.2 Å². The fraction of sp³-hybridized carbons (Fsp3) is 0.300. The molecule has 0 radical (unpaired) electrons. The van der Waals surface area contributed by atoms with Gasteiger partial charge in [0, 0.05) is 35.6 Å². The van der Waals surface area contributed by atoms with Crippen LogP contribution in [-0.2, 0) is 11.3 Å². The van der Waals surface area contributed by atoms with Gasteiger partial charge in [0.2, 0.25) is 5.91 Å². The Bertz CT molecular complexity index is 804. The molecular weight excluding hydrogens is 412 g/mol. The number of hydrogen-bond acceptors (Lipinski definition) is 3. The summed E-state index contributed by atoms with van der Waals surface area (Å²) in [4.78, 5) is 26.6. The van der Waals surface area contributed by atoms with Crippen LogP contribution in [-0.4, -0.2) is 36.6 Å². The third kappa shape index (κ3) is 5.61. The number of nitrogens with zero attached hydrogens (tertiary/aromatic N) is 1. The molecule has 0 fully saturated rings. The standard InChI is InChI=1S/C20H23BrN2O2S/c1-13-10-18(14(2)9-17(13)21)26-12-19(24)22-11-15-5-7-16(8-6-15)20(25)23(3)4/h5-10H,11-12H2,1-4H3,(H,22,24). The molecule has 0 aromatic heterocycles. The molecule has 0 aliphatic rings. The van der Waals surface area contributed by atoms with Gasteiger partial charge in [0.05, 0.1) is 5.75 Å². The Balaban J connectivity index is 1.85. The van der Waals surface area contributed by atoms with Crippen molar-refractivity contribution in [2.45, 2.75) is 25.3 Å². The summed E-state index contributed by atoms with van der Waals surface area (Å²) in [5.74, 6) is 0.333. The summed E-state index contributed by atoms with van der Waals surface area (Å²) in [5.41, 5.74) is 3.92. The zero-order valence-corrected chi connectivity index (χ0v) is 17.8. The van der Waals surface area contributed by atoms with Crippen LogP contribution in [0.15, 0.2) is 45.8 Å². The molecule has 138 valence electrons. The van der Waals surface area contributed by atoms with Gasteiger partial charge in [0.15, 0.2) is 0 Å². The SMILES string of the molecule is Cc1cc(SCC(=O)NCc2ccc(C(=O)N(C)C)cc2)c(C)cc1Br. The smallest absolute Gasteiger partial charge is 0.253 e. The lowest BCUT2D eigenvalue weighted by molar-refractivity contribution is -0.118. The highest BCUT2D eigenvalue weighted by molar-refractivity contribution is 9.10. The number of aryl methyl sites for hydroxylation is 2. The molecule has 0 spiro atoms. The number of benzene rings is 2. The summed E-state index contributed by atoms with van der Waals surface area (Å²) in [6.07, 6.45) is 0. The molecule has 0 atom stereocenters. The first kappa shape index (κ1) is 20.5. The number of nitrogens with one attached hydrogen (secondary N) is 1. The fourth-order valence-electron chi connectivity index (χ4n) is 2.33. The van der Waals surface area contributed by atoms with E-state index in [4.69, 9.17) is 0 Å². The topological polar surface area (TPSA) is 49.4 Å². The Kier molecular flexibility index (Phi) is 7.29. The van der Waals surface area contributed by atoms with E-state index in [9.17, 15) is 9.59 Å². The van der Waals surface area contributed by atoms with Crippen molar-refractivity contribution in [3.05, 3.63) is 63.1 Å². The van der Waals surface area contributed by atoms with Crippen molar-refractivity contribution in [3.63, 3.8) is 0 Å². The van der Waals surface area contributed by atoms with Crippen molar-refractivity contribution < 1.29 is 9.59 Å². The lowest BCUT2D eigenvalue weighted by Gasteiger charge is -2.11. The summed E-state index contributed by atoms with van der Waals surface area (Å²) in [6.45, 7) is 4.54. The quantitative estimate of drug-likeness (QED) is 0.693. The van der Waals surface area contributed by atoms with Gasteiger partial charge in [-0.3, -0.25) is 9.59 Å². The number of carbonyl (C=O) groups is 2. The normalized spacial score (nSPS) is 10.5. The largest absolute Gasteiger partial charge is 0.351 e. The van der Waals surface area contributed by atoms with E-state index in [-0.39, 0.29) is 11.8 Å². The first-order chi connectivity index (χ1) is 12.3. The molecular formula is C20H23BrN2O2S. The average Bonchev–Trinajstić information content (AvgIpc) is 2.61. The van der Waals surface area contributed by atoms with E-state index in [1.807, 2.05) is 26.0 Å². The molecule has 0 saturated heterocycles. The summed E-state index contributed by atoms with van der Waals surface area (Å²) < 4.78 is 1.08. The molecule has 0 aliphatic carbocycles. The van der Waals surface area contributed by atoms with Crippen molar-refractivity contribution in [1.29, 1.82) is 0 Å². The van der Waals surface area contributed by atoms with Crippen LogP contribution in [0.2, 0.25) is 0 Å². The van der Waals surface area contributed by atoms with Crippen LogP contribution in [0.4, 0.5) is 0 Å². The van der Waals surface area contributed by atoms with Gasteiger partial charge < -0.3 is 10.2 Å². The third-order valence-electron chi connectivity index (χ3n) is 3.91. The van der Waals surface area contributed by atoms with Crippen LogP contribution >= 0.6 is 27.7 Å². The average molecular weight is 435 g/mol. The fourth-order valence-corrected chi connectivity index (χ4v) is 3.72. The maximum absolute atomic E-state index is 12.1. The number of amides is 2. The highest BCUT2D eigenvalue weighted by Crippen LogP contribution is 2.28. The maximum atomic E-state index is 12.1. The van der Waals surface area contributed by atoms with Gasteiger partial charge in [-0.1, -0.05) is 28.1 Å². The van der Waals surface area contributed by atoms with Gasteiger partial charge in [0.1, 0.15) is 0 Å². The van der Waals surface area contributed by atoms with Crippen LogP contribution < -0.4 is 5.32 Å². The van der Waals surface area contributed by atoms with Gasteiger partial charge >= 0.3 is 0 Å². The van der Waals surface area contributed by atoms with E-state index in [0.717, 1.165) is 26.1 Å². The second-order valence-electron chi connectivity index (χ2n) is 6.33. The summed E-state index contributed by atoms with van der Waals surface area (Å²) >= 11 is 5.06. The van der Waals surface area contributed by atoms with Gasteiger partial charge in [-0.15, -0.1) is 11.8 Å². The van der Waals surface area contributed by atoms with E-state index < -0.39 is 0 Å². The molecule has 0 bridgehead atoms. The van der Waals surface area contributed by atoms with Gasteiger partial charge in [-0.05, 0) is 54.8 Å². The second kappa shape index (κ2) is 9.24. The molecule has 0 unspecified atom stereocenters. The van der Waals surface area contributed by atoms with E-state index in [1.165, 1.54) is 11.8 Å². The molecule has 0 aliphatic heterocycles. The predicted octanol–water partition coefficient (Wildman–Crippen LogP) is 4.18. The van der Waals surface area contributed by atoms with Crippen LogP contribution in [0.1, 0.15) is 27.0 Å². The number of hydrogen-bond donors (Lipinski definition) is 1. The van der Waals surface area contributed by atoms with E-state index in [0.29, 0.717) is 17.9 Å². The van der Waals surface area contributed by atoms with E-state index in [2.05, 4.69) is 33.4 Å². The van der Waals surface area contributed by atoms with Crippen molar-refractivity contribution in [2.75, 3.05) is 19.8 Å². The molecule has 1 N–H and O–H groups in total. The van der Waals surface area contributed by atoms with Gasteiger partial charge in [0.25, 0.3) is 5.91 Å². The van der Waals surface area contributed by atoms with Gasteiger partial charge in [-0.2, -0.15) is 0 Å². The van der Waals surface area contributed by atoms with Crippen LogP contribution in [0.3, 0.4) is 0 Å². The predicted molar refractivity (Wildman–Crippen MR) is 111 cm³/mol. The highest BCUT2D eigenvalue weighted by atomic mass is 79.9. The van der Waals surface area contributed by atoms with Crippen molar-refractivity contribution >= 4 is 39.5 Å². The molecule has 26 heavy (non-hydrogen) atoms.